The lowest BCUT2D eigenvalue weighted by Gasteiger charge is -2.20. The third-order valence-electron chi connectivity index (χ3n) is 4.78. The molecule has 1 aliphatic rings. The first-order valence-electron chi connectivity index (χ1n) is 9.02. The molecule has 2 heterocycles. The summed E-state index contributed by atoms with van der Waals surface area (Å²) in [4.78, 5) is 25.9. The van der Waals surface area contributed by atoms with Crippen molar-refractivity contribution in [2.24, 2.45) is 0 Å². The fourth-order valence-electron chi connectivity index (χ4n) is 3.27. The molecule has 0 atom stereocenters. The number of nitrogens with one attached hydrogen (secondary N) is 1. The number of anilines is 1. The molecule has 1 aliphatic heterocycles. The maximum Gasteiger partial charge on any atom is 0.254 e. The number of fused-ring (bicyclic) bond motifs is 1. The van der Waals surface area contributed by atoms with Crippen LogP contribution in [0.25, 0.3) is 11.3 Å². The van der Waals surface area contributed by atoms with Gasteiger partial charge in [-0.15, -0.1) is 0 Å². The Morgan fingerprint density at radius 3 is 2.68 bits per heavy atom. The van der Waals surface area contributed by atoms with E-state index >= 15 is 0 Å². The van der Waals surface area contributed by atoms with Crippen molar-refractivity contribution in [2.45, 2.75) is 19.4 Å². The normalized spacial score (nSPS) is 13.0. The van der Waals surface area contributed by atoms with E-state index in [-0.39, 0.29) is 11.8 Å². The molecular formula is C22H19BrN2O3. The minimum atomic E-state index is -0.0821. The zero-order chi connectivity index (χ0) is 19.7. The van der Waals surface area contributed by atoms with Crippen molar-refractivity contribution in [2.75, 3.05) is 12.4 Å². The Hall–Kier alpha value is -2.86. The van der Waals surface area contributed by atoms with Gasteiger partial charge in [0.05, 0.1) is 6.54 Å². The summed E-state index contributed by atoms with van der Waals surface area (Å²) in [6.45, 7) is 0.378. The van der Waals surface area contributed by atoms with Crippen molar-refractivity contribution in [3.63, 3.8) is 0 Å². The van der Waals surface area contributed by atoms with E-state index in [1.54, 1.807) is 24.1 Å². The third kappa shape index (κ3) is 3.87. The van der Waals surface area contributed by atoms with Gasteiger partial charge in [-0.3, -0.25) is 9.59 Å². The molecule has 4 rings (SSSR count). The Balaban J connectivity index is 1.46. The minimum Gasteiger partial charge on any atom is -0.459 e. The number of hydrogen-bond donors (Lipinski definition) is 1. The standard InChI is InChI=1S/C22H19BrN2O3/c1-25(13-18-8-10-20(28-18)14-2-6-17(23)7-3-14)22(27)16-4-9-19-15(12-16)5-11-21(26)24-19/h2-4,6-10,12H,5,11,13H2,1H3,(H,24,26). The van der Waals surface area contributed by atoms with Crippen LogP contribution in [0.2, 0.25) is 0 Å². The number of nitrogens with zero attached hydrogens (tertiary/aromatic N) is 1. The molecule has 5 nitrogen and oxygen atoms in total. The number of carbonyl (C=O) groups is 2. The van der Waals surface area contributed by atoms with Gasteiger partial charge in [0.25, 0.3) is 5.91 Å². The summed E-state index contributed by atoms with van der Waals surface area (Å²) in [5.74, 6) is 1.43. The number of aryl methyl sites for hydroxylation is 1. The quantitative estimate of drug-likeness (QED) is 0.631. The highest BCUT2D eigenvalue weighted by molar-refractivity contribution is 9.10. The van der Waals surface area contributed by atoms with Gasteiger partial charge in [-0.1, -0.05) is 28.1 Å². The zero-order valence-electron chi connectivity index (χ0n) is 15.4. The van der Waals surface area contributed by atoms with Crippen LogP contribution in [-0.4, -0.2) is 23.8 Å². The summed E-state index contributed by atoms with van der Waals surface area (Å²) in [6, 6.07) is 17.1. The molecule has 0 unspecified atom stereocenters. The fraction of sp³-hybridized carbons (Fsp3) is 0.182. The lowest BCUT2D eigenvalue weighted by atomic mass is 10.00. The number of halogens is 1. The molecule has 0 radical (unpaired) electrons. The summed E-state index contributed by atoms with van der Waals surface area (Å²) in [6.07, 6.45) is 1.10. The van der Waals surface area contributed by atoms with Gasteiger partial charge in [-0.25, -0.2) is 0 Å². The number of amides is 2. The molecule has 1 aromatic heterocycles. The van der Waals surface area contributed by atoms with Gasteiger partial charge in [0.2, 0.25) is 5.91 Å². The van der Waals surface area contributed by atoms with Gasteiger partial charge < -0.3 is 14.6 Å². The van der Waals surface area contributed by atoms with Gasteiger partial charge >= 0.3 is 0 Å². The zero-order valence-corrected chi connectivity index (χ0v) is 17.0. The van der Waals surface area contributed by atoms with Crippen molar-refractivity contribution < 1.29 is 14.0 Å². The third-order valence-corrected chi connectivity index (χ3v) is 5.31. The van der Waals surface area contributed by atoms with Crippen LogP contribution in [0.4, 0.5) is 5.69 Å². The predicted octanol–water partition coefficient (Wildman–Crippen LogP) is 4.87. The topological polar surface area (TPSA) is 62.6 Å². The lowest BCUT2D eigenvalue weighted by Crippen LogP contribution is -2.26. The first-order valence-corrected chi connectivity index (χ1v) is 9.82. The molecule has 1 N–H and O–H groups in total. The maximum atomic E-state index is 12.8. The number of rotatable bonds is 4. The smallest absolute Gasteiger partial charge is 0.254 e. The second-order valence-electron chi connectivity index (χ2n) is 6.85. The molecule has 2 aromatic carbocycles. The molecule has 142 valence electrons. The molecule has 3 aromatic rings. The molecule has 0 saturated carbocycles. The summed E-state index contributed by atoms with van der Waals surface area (Å²) in [5.41, 5.74) is 3.38. The molecule has 0 aliphatic carbocycles. The van der Waals surface area contributed by atoms with Crippen molar-refractivity contribution in [1.82, 2.24) is 4.90 Å². The molecular weight excluding hydrogens is 420 g/mol. The van der Waals surface area contributed by atoms with Gasteiger partial charge in [-0.2, -0.15) is 0 Å². The fourth-order valence-corrected chi connectivity index (χ4v) is 3.54. The van der Waals surface area contributed by atoms with E-state index < -0.39 is 0 Å². The Morgan fingerprint density at radius 1 is 1.11 bits per heavy atom. The van der Waals surface area contributed by atoms with Crippen LogP contribution < -0.4 is 5.32 Å². The SMILES string of the molecule is CN(Cc1ccc(-c2ccc(Br)cc2)o1)C(=O)c1ccc2c(c1)CCC(=O)N2. The van der Waals surface area contributed by atoms with Gasteiger partial charge in [0, 0.05) is 34.8 Å². The Morgan fingerprint density at radius 2 is 1.89 bits per heavy atom. The van der Waals surface area contributed by atoms with E-state index in [9.17, 15) is 9.59 Å². The molecule has 0 bridgehead atoms. The number of carbonyl (C=O) groups excluding carboxylic acids is 2. The number of benzene rings is 2. The summed E-state index contributed by atoms with van der Waals surface area (Å²) < 4.78 is 6.92. The van der Waals surface area contributed by atoms with Crippen molar-refractivity contribution in [3.8, 4) is 11.3 Å². The Labute approximate surface area is 171 Å². The monoisotopic (exact) mass is 438 g/mol. The molecule has 0 fully saturated rings. The van der Waals surface area contributed by atoms with E-state index in [4.69, 9.17) is 4.42 Å². The van der Waals surface area contributed by atoms with Crippen LogP contribution in [0, 0.1) is 0 Å². The highest BCUT2D eigenvalue weighted by Gasteiger charge is 2.19. The molecule has 2 amide bonds. The molecule has 6 heteroatoms. The van der Waals surface area contributed by atoms with Crippen LogP contribution in [0.3, 0.4) is 0 Å². The number of furan rings is 1. The summed E-state index contributed by atoms with van der Waals surface area (Å²) >= 11 is 3.42. The van der Waals surface area contributed by atoms with Gasteiger partial charge in [0.1, 0.15) is 11.5 Å². The van der Waals surface area contributed by atoms with E-state index in [1.165, 1.54) is 0 Å². The van der Waals surface area contributed by atoms with Crippen LogP contribution in [0.15, 0.2) is 63.5 Å². The summed E-state index contributed by atoms with van der Waals surface area (Å²) in [5, 5.41) is 2.84. The first-order chi connectivity index (χ1) is 13.5. The number of hydrogen-bond acceptors (Lipinski definition) is 3. The van der Waals surface area contributed by atoms with E-state index in [2.05, 4.69) is 21.2 Å². The average molecular weight is 439 g/mol. The highest BCUT2D eigenvalue weighted by Crippen LogP contribution is 2.26. The largest absolute Gasteiger partial charge is 0.459 e. The lowest BCUT2D eigenvalue weighted by molar-refractivity contribution is -0.116. The van der Waals surface area contributed by atoms with Gasteiger partial charge in [-0.05, 0) is 54.4 Å². The van der Waals surface area contributed by atoms with Crippen LogP contribution in [0.5, 0.6) is 0 Å². The minimum absolute atomic E-state index is 0.0168. The van der Waals surface area contributed by atoms with E-state index in [1.807, 2.05) is 42.5 Å². The second kappa shape index (κ2) is 7.64. The first kappa shape index (κ1) is 18.5. The van der Waals surface area contributed by atoms with Crippen molar-refractivity contribution in [1.29, 1.82) is 0 Å². The van der Waals surface area contributed by atoms with E-state index in [0.29, 0.717) is 24.9 Å². The van der Waals surface area contributed by atoms with Crippen LogP contribution >= 0.6 is 15.9 Å². The molecule has 0 saturated heterocycles. The van der Waals surface area contributed by atoms with E-state index in [0.717, 1.165) is 32.8 Å². The molecule has 0 spiro atoms. The summed E-state index contributed by atoms with van der Waals surface area (Å²) in [7, 11) is 1.76. The van der Waals surface area contributed by atoms with Crippen molar-refractivity contribution >= 4 is 33.4 Å². The maximum absolute atomic E-state index is 12.8. The van der Waals surface area contributed by atoms with Crippen molar-refractivity contribution in [3.05, 3.63) is 76.0 Å². The van der Waals surface area contributed by atoms with Gasteiger partial charge in [0.15, 0.2) is 0 Å². The van der Waals surface area contributed by atoms with Crippen LogP contribution in [0.1, 0.15) is 28.1 Å². The highest BCUT2D eigenvalue weighted by atomic mass is 79.9. The molecule has 28 heavy (non-hydrogen) atoms. The second-order valence-corrected chi connectivity index (χ2v) is 7.77. The Bertz CT molecular complexity index is 1040. The Kier molecular flexibility index (Phi) is 5.05. The average Bonchev–Trinajstić information content (AvgIpc) is 3.16. The van der Waals surface area contributed by atoms with Crippen LogP contribution in [-0.2, 0) is 17.8 Å². The predicted molar refractivity (Wildman–Crippen MR) is 111 cm³/mol.